The normalized spacial score (nSPS) is 28.5. The largest absolute Gasteiger partial charge is 0.334 e. The zero-order chi connectivity index (χ0) is 12.8. The zero-order valence-corrected chi connectivity index (χ0v) is 11.2. The maximum absolute atomic E-state index is 12.7. The molecule has 0 unspecified atom stereocenters. The summed E-state index contributed by atoms with van der Waals surface area (Å²) in [6.45, 7) is 2.99. The molecule has 2 aliphatic heterocycles. The molecule has 1 aliphatic carbocycles. The van der Waals surface area contributed by atoms with Crippen molar-refractivity contribution in [3.63, 3.8) is 0 Å². The first-order valence-corrected chi connectivity index (χ1v) is 7.46. The summed E-state index contributed by atoms with van der Waals surface area (Å²) in [6, 6.07) is 6.76. The minimum atomic E-state index is 0.242. The number of likely N-dealkylation sites (tertiary alicyclic amines) is 1. The summed E-state index contributed by atoms with van der Waals surface area (Å²) in [7, 11) is 0. The van der Waals surface area contributed by atoms with Crippen LogP contribution in [-0.4, -0.2) is 36.5 Å². The van der Waals surface area contributed by atoms with Crippen LogP contribution in [0.1, 0.15) is 34.3 Å². The van der Waals surface area contributed by atoms with Crippen molar-refractivity contribution in [3.05, 3.63) is 34.9 Å². The highest BCUT2D eigenvalue weighted by molar-refractivity contribution is 5.95. The highest BCUT2D eigenvalue weighted by Gasteiger charge is 2.40. The number of nitrogens with one attached hydrogen (secondary N) is 1. The molecule has 3 nitrogen and oxygen atoms in total. The standard InChI is InChI=1S/C16H20N2O/c19-16(18-7-6-14-9-17-10-15(14)18)13-5-4-11-2-1-3-12(11)8-13/h4-5,8,14-15,17H,1-3,6-7,9-10H2/t14-,15+/m0/s1. The van der Waals surface area contributed by atoms with Gasteiger partial charge >= 0.3 is 0 Å². The number of hydrogen-bond donors (Lipinski definition) is 1. The van der Waals surface area contributed by atoms with E-state index >= 15 is 0 Å². The van der Waals surface area contributed by atoms with Gasteiger partial charge in [-0.15, -0.1) is 0 Å². The van der Waals surface area contributed by atoms with Gasteiger partial charge in [-0.2, -0.15) is 0 Å². The van der Waals surface area contributed by atoms with E-state index in [0.717, 1.165) is 38.0 Å². The van der Waals surface area contributed by atoms with Crippen LogP contribution in [0.15, 0.2) is 18.2 Å². The first kappa shape index (κ1) is 11.5. The van der Waals surface area contributed by atoms with Gasteiger partial charge in [-0.05, 0) is 54.9 Å². The smallest absolute Gasteiger partial charge is 0.254 e. The molecular formula is C16H20N2O. The summed E-state index contributed by atoms with van der Waals surface area (Å²) in [6.07, 6.45) is 4.73. The van der Waals surface area contributed by atoms with E-state index in [0.29, 0.717) is 12.0 Å². The molecule has 2 saturated heterocycles. The molecule has 0 bridgehead atoms. The van der Waals surface area contributed by atoms with E-state index in [1.54, 1.807) is 0 Å². The number of rotatable bonds is 1. The van der Waals surface area contributed by atoms with Gasteiger partial charge in [-0.3, -0.25) is 4.79 Å². The van der Waals surface area contributed by atoms with Gasteiger partial charge < -0.3 is 10.2 Å². The van der Waals surface area contributed by atoms with Crippen LogP contribution in [0.4, 0.5) is 0 Å². The average molecular weight is 256 g/mol. The second-order valence-electron chi connectivity index (χ2n) is 6.11. The SMILES string of the molecule is O=C(c1ccc2c(c1)CCC2)N1CC[C@H]2CNC[C@H]21. The highest BCUT2D eigenvalue weighted by Crippen LogP contribution is 2.29. The van der Waals surface area contributed by atoms with E-state index < -0.39 is 0 Å². The van der Waals surface area contributed by atoms with Crippen molar-refractivity contribution in [1.29, 1.82) is 0 Å². The maximum Gasteiger partial charge on any atom is 0.254 e. The van der Waals surface area contributed by atoms with E-state index in [1.807, 2.05) is 6.07 Å². The number of carbonyl (C=O) groups excluding carboxylic acids is 1. The Balaban J connectivity index is 1.60. The number of benzene rings is 1. The average Bonchev–Trinajstić information content (AvgIpc) is 3.12. The summed E-state index contributed by atoms with van der Waals surface area (Å²) in [5.41, 5.74) is 3.73. The third-order valence-electron chi connectivity index (χ3n) is 5.05. The molecule has 3 heteroatoms. The van der Waals surface area contributed by atoms with Crippen LogP contribution in [0.25, 0.3) is 0 Å². The van der Waals surface area contributed by atoms with E-state index in [9.17, 15) is 4.79 Å². The quantitative estimate of drug-likeness (QED) is 0.828. The maximum atomic E-state index is 12.7. The van der Waals surface area contributed by atoms with Crippen LogP contribution < -0.4 is 5.32 Å². The number of fused-ring (bicyclic) bond motifs is 2. The molecule has 1 aromatic rings. The molecule has 1 N–H and O–H groups in total. The van der Waals surface area contributed by atoms with Gasteiger partial charge in [0, 0.05) is 31.2 Å². The molecule has 0 radical (unpaired) electrons. The van der Waals surface area contributed by atoms with Crippen LogP contribution in [0.3, 0.4) is 0 Å². The third kappa shape index (κ3) is 1.79. The Hall–Kier alpha value is -1.35. The van der Waals surface area contributed by atoms with Gasteiger partial charge in [0.05, 0.1) is 0 Å². The monoisotopic (exact) mass is 256 g/mol. The first-order valence-electron chi connectivity index (χ1n) is 7.46. The summed E-state index contributed by atoms with van der Waals surface area (Å²) in [4.78, 5) is 14.8. The fourth-order valence-electron chi connectivity index (χ4n) is 3.97. The predicted molar refractivity (Wildman–Crippen MR) is 74.3 cm³/mol. The van der Waals surface area contributed by atoms with Crippen LogP contribution >= 0.6 is 0 Å². The number of nitrogens with zero attached hydrogens (tertiary/aromatic N) is 1. The molecule has 2 fully saturated rings. The lowest BCUT2D eigenvalue weighted by atomic mass is 10.0. The van der Waals surface area contributed by atoms with Crippen molar-refractivity contribution in [2.24, 2.45) is 5.92 Å². The van der Waals surface area contributed by atoms with Gasteiger partial charge in [0.2, 0.25) is 0 Å². The molecule has 2 atom stereocenters. The van der Waals surface area contributed by atoms with Gasteiger partial charge in [0.1, 0.15) is 0 Å². The Kier molecular flexibility index (Phi) is 2.62. The van der Waals surface area contributed by atoms with Crippen LogP contribution in [0.2, 0.25) is 0 Å². The second kappa shape index (κ2) is 4.34. The number of hydrogen-bond acceptors (Lipinski definition) is 2. The molecule has 100 valence electrons. The van der Waals surface area contributed by atoms with Crippen LogP contribution in [0, 0.1) is 5.92 Å². The topological polar surface area (TPSA) is 32.3 Å². The number of amides is 1. The molecule has 1 aromatic carbocycles. The third-order valence-corrected chi connectivity index (χ3v) is 5.05. The van der Waals surface area contributed by atoms with Crippen molar-refractivity contribution in [1.82, 2.24) is 10.2 Å². The predicted octanol–water partition coefficient (Wildman–Crippen LogP) is 1.61. The van der Waals surface area contributed by atoms with Crippen molar-refractivity contribution in [2.45, 2.75) is 31.7 Å². The molecule has 19 heavy (non-hydrogen) atoms. The molecule has 1 amide bonds. The van der Waals surface area contributed by atoms with Crippen LogP contribution in [-0.2, 0) is 12.8 Å². The second-order valence-corrected chi connectivity index (χ2v) is 6.11. The van der Waals surface area contributed by atoms with Gasteiger partial charge in [0.15, 0.2) is 0 Å². The Bertz CT molecular complexity index is 525. The van der Waals surface area contributed by atoms with E-state index in [4.69, 9.17) is 0 Å². The fraction of sp³-hybridized carbons (Fsp3) is 0.562. The minimum absolute atomic E-state index is 0.242. The number of carbonyl (C=O) groups is 1. The number of aryl methyl sites for hydroxylation is 2. The zero-order valence-electron chi connectivity index (χ0n) is 11.2. The fourth-order valence-corrected chi connectivity index (χ4v) is 3.97. The lowest BCUT2D eigenvalue weighted by Gasteiger charge is -2.23. The Morgan fingerprint density at radius 3 is 3.05 bits per heavy atom. The summed E-state index contributed by atoms with van der Waals surface area (Å²) in [5.74, 6) is 0.921. The minimum Gasteiger partial charge on any atom is -0.334 e. The molecule has 2 heterocycles. The molecule has 0 saturated carbocycles. The molecule has 4 rings (SSSR count). The molecule has 0 aromatic heterocycles. The Morgan fingerprint density at radius 2 is 2.11 bits per heavy atom. The molecule has 0 spiro atoms. The van der Waals surface area contributed by atoms with E-state index in [-0.39, 0.29) is 5.91 Å². The van der Waals surface area contributed by atoms with Crippen molar-refractivity contribution in [2.75, 3.05) is 19.6 Å². The van der Waals surface area contributed by atoms with E-state index in [2.05, 4.69) is 22.3 Å². The summed E-state index contributed by atoms with van der Waals surface area (Å²) < 4.78 is 0. The first-order chi connectivity index (χ1) is 9.33. The lowest BCUT2D eigenvalue weighted by Crippen LogP contribution is -2.39. The van der Waals surface area contributed by atoms with Crippen molar-refractivity contribution >= 4 is 5.91 Å². The summed E-state index contributed by atoms with van der Waals surface area (Å²) >= 11 is 0. The van der Waals surface area contributed by atoms with Crippen LogP contribution in [0.5, 0.6) is 0 Å². The Morgan fingerprint density at radius 1 is 1.21 bits per heavy atom. The molecular weight excluding hydrogens is 236 g/mol. The highest BCUT2D eigenvalue weighted by atomic mass is 16.2. The van der Waals surface area contributed by atoms with Crippen molar-refractivity contribution < 1.29 is 4.79 Å². The van der Waals surface area contributed by atoms with Gasteiger partial charge in [0.25, 0.3) is 5.91 Å². The van der Waals surface area contributed by atoms with Gasteiger partial charge in [-0.25, -0.2) is 0 Å². The van der Waals surface area contributed by atoms with Gasteiger partial charge in [-0.1, -0.05) is 6.07 Å². The molecule has 3 aliphatic rings. The van der Waals surface area contributed by atoms with E-state index in [1.165, 1.54) is 24.0 Å². The Labute approximate surface area is 114 Å². The van der Waals surface area contributed by atoms with Crippen molar-refractivity contribution in [3.8, 4) is 0 Å². The summed E-state index contributed by atoms with van der Waals surface area (Å²) in [5, 5.41) is 3.41. The lowest BCUT2D eigenvalue weighted by molar-refractivity contribution is 0.0737.